The van der Waals surface area contributed by atoms with Crippen LogP contribution in [0.2, 0.25) is 0 Å². The van der Waals surface area contributed by atoms with Crippen molar-refractivity contribution < 1.29 is 9.59 Å². The van der Waals surface area contributed by atoms with E-state index in [1.54, 1.807) is 4.68 Å². The minimum atomic E-state index is -0.248. The van der Waals surface area contributed by atoms with Crippen LogP contribution in [0.3, 0.4) is 0 Å². The summed E-state index contributed by atoms with van der Waals surface area (Å²) >= 11 is 0. The lowest BCUT2D eigenvalue weighted by molar-refractivity contribution is -0.121. The van der Waals surface area contributed by atoms with E-state index in [0.717, 1.165) is 17.0 Å². The maximum Gasteiger partial charge on any atom is 0.267 e. The third-order valence-electron chi connectivity index (χ3n) is 3.25. The lowest BCUT2D eigenvalue weighted by Crippen LogP contribution is -2.36. The fraction of sp³-hybridized carbons (Fsp3) is 0.500. The number of hydrogen-bond acceptors (Lipinski definition) is 4. The molecule has 0 aromatic carbocycles. The van der Waals surface area contributed by atoms with Crippen LogP contribution in [0.4, 0.5) is 0 Å². The van der Waals surface area contributed by atoms with Gasteiger partial charge in [0.15, 0.2) is 0 Å². The van der Waals surface area contributed by atoms with Crippen molar-refractivity contribution in [3.05, 3.63) is 17.0 Å². The summed E-state index contributed by atoms with van der Waals surface area (Å²) in [5.41, 5.74) is 5.61. The molecule has 102 valence electrons. The molecule has 7 nitrogen and oxygen atoms in total. The molecule has 2 rings (SSSR count). The summed E-state index contributed by atoms with van der Waals surface area (Å²) in [6.45, 7) is 4.28. The van der Waals surface area contributed by atoms with Crippen LogP contribution in [-0.2, 0) is 23.2 Å². The van der Waals surface area contributed by atoms with Gasteiger partial charge in [-0.05, 0) is 13.8 Å². The zero-order valence-corrected chi connectivity index (χ0v) is 11.3. The second-order valence-corrected chi connectivity index (χ2v) is 4.55. The summed E-state index contributed by atoms with van der Waals surface area (Å²) < 4.78 is 1.79. The molecule has 0 atom stereocenters. The first-order chi connectivity index (χ1) is 8.99. The average molecular weight is 263 g/mol. The Bertz CT molecular complexity index is 559. The van der Waals surface area contributed by atoms with Crippen LogP contribution in [-0.4, -0.2) is 27.3 Å². The molecule has 2 amide bonds. The fourth-order valence-corrected chi connectivity index (χ4v) is 1.98. The van der Waals surface area contributed by atoms with Gasteiger partial charge < -0.3 is 5.32 Å². The first-order valence-corrected chi connectivity index (χ1v) is 6.11. The Morgan fingerprint density at radius 1 is 1.42 bits per heavy atom. The molecule has 1 aliphatic rings. The highest BCUT2D eigenvalue weighted by molar-refractivity contribution is 6.39. The molecular weight excluding hydrogens is 246 g/mol. The zero-order valence-electron chi connectivity index (χ0n) is 11.3. The van der Waals surface area contributed by atoms with Gasteiger partial charge in [0, 0.05) is 37.7 Å². The number of nitrogens with zero attached hydrogens (tertiary/aromatic N) is 3. The maximum absolute atomic E-state index is 11.9. The molecule has 0 unspecified atom stereocenters. The third kappa shape index (κ3) is 2.81. The Kier molecular flexibility index (Phi) is 3.64. The normalized spacial score (nSPS) is 14.9. The molecule has 0 radical (unpaired) electrons. The highest BCUT2D eigenvalue weighted by Gasteiger charge is 2.18. The molecule has 19 heavy (non-hydrogen) atoms. The van der Waals surface area contributed by atoms with Gasteiger partial charge in [-0.15, -0.1) is 0 Å². The number of carbonyl (C=O) groups excluding carboxylic acids is 2. The second-order valence-electron chi connectivity index (χ2n) is 4.55. The van der Waals surface area contributed by atoms with Crippen LogP contribution in [0, 0.1) is 13.8 Å². The largest absolute Gasteiger partial charge is 0.347 e. The summed E-state index contributed by atoms with van der Waals surface area (Å²) in [6.07, 6.45) is 0.680. The fourth-order valence-electron chi connectivity index (χ4n) is 1.98. The molecule has 0 aliphatic carbocycles. The Morgan fingerprint density at radius 2 is 2.16 bits per heavy atom. The lowest BCUT2D eigenvalue weighted by atomic mass is 10.1. The first kappa shape index (κ1) is 13.3. The summed E-state index contributed by atoms with van der Waals surface area (Å²) in [5.74, 6) is -0.404. The Morgan fingerprint density at radius 3 is 2.68 bits per heavy atom. The van der Waals surface area contributed by atoms with Crippen LogP contribution < -0.4 is 10.7 Å². The Hall–Kier alpha value is -2.18. The van der Waals surface area contributed by atoms with Crippen molar-refractivity contribution in [2.75, 3.05) is 0 Å². The smallest absolute Gasteiger partial charge is 0.267 e. The molecule has 1 aromatic heterocycles. The quantitative estimate of drug-likeness (QED) is 0.799. The van der Waals surface area contributed by atoms with E-state index in [4.69, 9.17) is 0 Å². The van der Waals surface area contributed by atoms with Crippen LogP contribution in [0.5, 0.6) is 0 Å². The lowest BCUT2D eigenvalue weighted by Gasteiger charge is -2.12. The number of nitrogens with one attached hydrogen (secondary N) is 2. The molecule has 0 bridgehead atoms. The van der Waals surface area contributed by atoms with Crippen molar-refractivity contribution in [2.24, 2.45) is 12.1 Å². The Labute approximate surface area is 111 Å². The Balaban J connectivity index is 1.99. The number of amides is 2. The zero-order chi connectivity index (χ0) is 14.0. The van der Waals surface area contributed by atoms with Gasteiger partial charge in [0.05, 0.1) is 5.69 Å². The molecule has 7 heteroatoms. The summed E-state index contributed by atoms with van der Waals surface area (Å²) in [4.78, 5) is 22.8. The SMILES string of the molecule is Cc1nn(C)c(C)c1CNC(=O)C1=NNC(=O)CC1. The molecule has 0 spiro atoms. The van der Waals surface area contributed by atoms with Crippen LogP contribution >= 0.6 is 0 Å². The minimum Gasteiger partial charge on any atom is -0.347 e. The van der Waals surface area contributed by atoms with Crippen molar-refractivity contribution >= 4 is 17.5 Å². The molecule has 2 heterocycles. The number of hydrazone groups is 1. The molecule has 0 fully saturated rings. The maximum atomic E-state index is 11.9. The van der Waals surface area contributed by atoms with Gasteiger partial charge in [-0.25, -0.2) is 5.43 Å². The summed E-state index contributed by atoms with van der Waals surface area (Å²) in [7, 11) is 1.87. The van der Waals surface area contributed by atoms with Gasteiger partial charge in [-0.1, -0.05) is 0 Å². The second kappa shape index (κ2) is 5.21. The van der Waals surface area contributed by atoms with E-state index in [-0.39, 0.29) is 11.8 Å². The number of carbonyl (C=O) groups is 2. The van der Waals surface area contributed by atoms with Gasteiger partial charge in [0.2, 0.25) is 5.91 Å². The van der Waals surface area contributed by atoms with E-state index in [9.17, 15) is 9.59 Å². The number of aryl methyl sites for hydroxylation is 2. The molecule has 2 N–H and O–H groups in total. The minimum absolute atomic E-state index is 0.157. The highest BCUT2D eigenvalue weighted by atomic mass is 16.2. The van der Waals surface area contributed by atoms with Crippen LogP contribution in [0.25, 0.3) is 0 Å². The molecular formula is C12H17N5O2. The van der Waals surface area contributed by atoms with Gasteiger partial charge in [-0.3, -0.25) is 14.3 Å². The van der Waals surface area contributed by atoms with E-state index in [1.165, 1.54) is 0 Å². The van der Waals surface area contributed by atoms with Crippen LogP contribution in [0.15, 0.2) is 5.10 Å². The van der Waals surface area contributed by atoms with E-state index in [1.807, 2.05) is 20.9 Å². The van der Waals surface area contributed by atoms with Crippen molar-refractivity contribution in [3.8, 4) is 0 Å². The highest BCUT2D eigenvalue weighted by Crippen LogP contribution is 2.11. The third-order valence-corrected chi connectivity index (χ3v) is 3.25. The van der Waals surface area contributed by atoms with Gasteiger partial charge >= 0.3 is 0 Å². The van der Waals surface area contributed by atoms with Gasteiger partial charge in [-0.2, -0.15) is 10.2 Å². The molecule has 1 aromatic rings. The van der Waals surface area contributed by atoms with Crippen molar-refractivity contribution in [1.82, 2.24) is 20.5 Å². The van der Waals surface area contributed by atoms with E-state index in [0.29, 0.717) is 25.1 Å². The predicted octanol–water partition coefficient (Wildman–Crippen LogP) is -0.0809. The van der Waals surface area contributed by atoms with E-state index in [2.05, 4.69) is 20.9 Å². The molecule has 0 saturated carbocycles. The number of rotatable bonds is 3. The topological polar surface area (TPSA) is 88.4 Å². The average Bonchev–Trinajstić information content (AvgIpc) is 2.62. The molecule has 0 saturated heterocycles. The predicted molar refractivity (Wildman–Crippen MR) is 69.3 cm³/mol. The monoisotopic (exact) mass is 263 g/mol. The number of hydrogen-bond donors (Lipinski definition) is 2. The van der Waals surface area contributed by atoms with Gasteiger partial charge in [0.1, 0.15) is 5.71 Å². The number of aromatic nitrogens is 2. The standard InChI is InChI=1S/C12H17N5O2/c1-7-9(8(2)17(3)16-7)6-13-12(19)10-4-5-11(18)15-14-10/h4-6H2,1-3H3,(H,13,19)(H,15,18). The van der Waals surface area contributed by atoms with Crippen molar-refractivity contribution in [3.63, 3.8) is 0 Å². The molecule has 1 aliphatic heterocycles. The van der Waals surface area contributed by atoms with E-state index >= 15 is 0 Å². The van der Waals surface area contributed by atoms with Crippen molar-refractivity contribution in [1.29, 1.82) is 0 Å². The van der Waals surface area contributed by atoms with E-state index < -0.39 is 0 Å². The summed E-state index contributed by atoms with van der Waals surface area (Å²) in [6, 6.07) is 0. The van der Waals surface area contributed by atoms with Crippen molar-refractivity contribution in [2.45, 2.75) is 33.2 Å². The van der Waals surface area contributed by atoms with Crippen LogP contribution in [0.1, 0.15) is 29.8 Å². The van der Waals surface area contributed by atoms with Gasteiger partial charge in [0.25, 0.3) is 5.91 Å². The first-order valence-electron chi connectivity index (χ1n) is 6.11. The summed E-state index contributed by atoms with van der Waals surface area (Å²) in [5, 5.41) is 10.9.